The highest BCUT2D eigenvalue weighted by Crippen LogP contribution is 2.77. The van der Waals surface area contributed by atoms with Crippen molar-refractivity contribution in [2.75, 3.05) is 10.6 Å². The van der Waals surface area contributed by atoms with Crippen molar-refractivity contribution < 1.29 is 32.6 Å². The predicted octanol–water partition coefficient (Wildman–Crippen LogP) is 4.56. The van der Waals surface area contributed by atoms with E-state index >= 15 is 0 Å². The maximum Gasteiger partial charge on any atom is 0.319 e. The van der Waals surface area contributed by atoms with Crippen molar-refractivity contribution in [3.05, 3.63) is 71.2 Å². The van der Waals surface area contributed by atoms with E-state index in [9.17, 15) is 27.9 Å². The molecule has 2 aromatic carbocycles. The van der Waals surface area contributed by atoms with E-state index in [-0.39, 0.29) is 23.5 Å². The van der Waals surface area contributed by atoms with Crippen LogP contribution >= 0.6 is 0 Å². The van der Waals surface area contributed by atoms with Gasteiger partial charge in [0.15, 0.2) is 11.6 Å². The maximum absolute atomic E-state index is 13.9. The number of aromatic nitrogens is 1. The summed E-state index contributed by atoms with van der Waals surface area (Å²) in [5.41, 5.74) is -0.204. The summed E-state index contributed by atoms with van der Waals surface area (Å²) in [5, 5.41) is 17.9. The fourth-order valence-corrected chi connectivity index (χ4v) is 4.95. The Hall–Kier alpha value is -4.28. The van der Waals surface area contributed by atoms with Gasteiger partial charge in [0, 0.05) is 29.7 Å². The first-order valence-corrected chi connectivity index (χ1v) is 11.3. The van der Waals surface area contributed by atoms with Crippen LogP contribution in [-0.4, -0.2) is 27.6 Å². The van der Waals surface area contributed by atoms with Gasteiger partial charge in [-0.05, 0) is 55.2 Å². The first kappa shape index (κ1) is 22.2. The summed E-state index contributed by atoms with van der Waals surface area (Å²) >= 11 is 0. The average Bonchev–Trinajstić information content (AvgIpc) is 3.71. The van der Waals surface area contributed by atoms with Gasteiger partial charge in [-0.25, -0.2) is 22.9 Å². The zero-order valence-corrected chi connectivity index (χ0v) is 18.6. The number of pyridine rings is 1. The molecule has 2 aliphatic carbocycles. The van der Waals surface area contributed by atoms with Gasteiger partial charge in [0.05, 0.1) is 5.54 Å². The van der Waals surface area contributed by atoms with Gasteiger partial charge < -0.3 is 25.8 Å². The van der Waals surface area contributed by atoms with Crippen LogP contribution in [0.4, 0.5) is 29.5 Å². The number of fused-ring (bicyclic) bond motifs is 2. The lowest BCUT2D eigenvalue weighted by Crippen LogP contribution is -2.37. The molecule has 1 aromatic heterocycles. The molecule has 1 aliphatic heterocycles. The van der Waals surface area contributed by atoms with Gasteiger partial charge in [0.25, 0.3) is 0 Å². The molecule has 184 valence electrons. The number of hydrogen-bond donors (Lipinski definition) is 4. The van der Waals surface area contributed by atoms with Gasteiger partial charge in [0.1, 0.15) is 34.6 Å². The third kappa shape index (κ3) is 3.58. The second kappa shape index (κ2) is 7.87. The number of aromatic hydroxyl groups is 1. The Morgan fingerprint density at radius 1 is 1.14 bits per heavy atom. The third-order valence-electron chi connectivity index (χ3n) is 6.97. The van der Waals surface area contributed by atoms with E-state index in [2.05, 4.69) is 15.6 Å². The van der Waals surface area contributed by atoms with Gasteiger partial charge in [-0.1, -0.05) is 0 Å². The summed E-state index contributed by atoms with van der Waals surface area (Å²) in [4.78, 5) is 28.3. The molecule has 6 rings (SSSR count). The topological polar surface area (TPSA) is 113 Å². The summed E-state index contributed by atoms with van der Waals surface area (Å²) < 4.78 is 47.2. The predicted molar refractivity (Wildman–Crippen MR) is 121 cm³/mol. The van der Waals surface area contributed by atoms with Crippen molar-refractivity contribution in [2.45, 2.75) is 30.7 Å². The maximum atomic E-state index is 13.9. The summed E-state index contributed by atoms with van der Waals surface area (Å²) in [6.45, 7) is 0. The van der Waals surface area contributed by atoms with Crippen molar-refractivity contribution >= 4 is 23.4 Å². The number of benzene rings is 2. The number of carbonyl (C=O) groups excluding carboxylic acids is 2. The molecule has 8 nitrogen and oxygen atoms in total. The second-order valence-electron chi connectivity index (χ2n) is 9.13. The SMILES string of the molecule is O=C1CCc2c(Oc3ccc(O)c(C4C5CC54NC(=O)Nc4c(F)ccc(F)c4F)c3)ccnc2N1. The van der Waals surface area contributed by atoms with E-state index in [1.807, 2.05) is 5.32 Å². The molecule has 4 N–H and O–H groups in total. The van der Waals surface area contributed by atoms with Gasteiger partial charge >= 0.3 is 6.03 Å². The smallest absolute Gasteiger partial charge is 0.319 e. The number of nitrogens with one attached hydrogen (secondary N) is 3. The molecule has 0 bridgehead atoms. The monoisotopic (exact) mass is 496 g/mol. The Kier molecular flexibility index (Phi) is 4.85. The van der Waals surface area contributed by atoms with E-state index in [1.165, 1.54) is 12.3 Å². The Morgan fingerprint density at radius 2 is 1.94 bits per heavy atom. The van der Waals surface area contributed by atoms with Crippen LogP contribution in [0, 0.1) is 23.4 Å². The summed E-state index contributed by atoms with van der Waals surface area (Å²) in [6, 6.07) is 6.94. The highest BCUT2D eigenvalue weighted by atomic mass is 19.2. The number of phenolic OH excluding ortho intramolecular Hbond substituents is 1. The van der Waals surface area contributed by atoms with Crippen LogP contribution in [0.3, 0.4) is 0 Å². The molecule has 2 fully saturated rings. The molecular weight excluding hydrogens is 477 g/mol. The lowest BCUT2D eigenvalue weighted by molar-refractivity contribution is -0.116. The van der Waals surface area contributed by atoms with Crippen molar-refractivity contribution in [3.63, 3.8) is 0 Å². The molecule has 3 unspecified atom stereocenters. The van der Waals surface area contributed by atoms with Crippen molar-refractivity contribution in [1.29, 1.82) is 0 Å². The zero-order valence-electron chi connectivity index (χ0n) is 18.6. The minimum Gasteiger partial charge on any atom is -0.508 e. The minimum absolute atomic E-state index is 0.0207. The Balaban J connectivity index is 1.18. The number of phenols is 1. The number of urea groups is 1. The molecule has 0 saturated heterocycles. The van der Waals surface area contributed by atoms with E-state index in [4.69, 9.17) is 4.74 Å². The first-order valence-electron chi connectivity index (χ1n) is 11.3. The minimum atomic E-state index is -1.48. The number of hydrogen-bond acceptors (Lipinski definition) is 5. The van der Waals surface area contributed by atoms with Crippen LogP contribution in [0.25, 0.3) is 0 Å². The van der Waals surface area contributed by atoms with E-state index in [0.29, 0.717) is 48.2 Å². The molecular formula is C25H19F3N4O4. The average molecular weight is 496 g/mol. The standard InChI is InChI=1S/C25H19F3N4O4/c26-15-3-4-16(27)22(21(15)28)31-24(35)32-25-10-14(25)20(25)13-9-11(1-5-17(13)33)36-18-7-8-29-23-12(18)2-6-19(34)30-23/h1,3-5,7-9,14,20,33H,2,6,10H2,(H,29,30,34)(H2,31,32,35). The normalized spacial score (nSPS) is 23.1. The largest absolute Gasteiger partial charge is 0.508 e. The fraction of sp³-hybridized carbons (Fsp3) is 0.240. The number of carbonyl (C=O) groups is 2. The van der Waals surface area contributed by atoms with E-state index < -0.39 is 34.7 Å². The van der Waals surface area contributed by atoms with Crippen LogP contribution in [0.2, 0.25) is 0 Å². The van der Waals surface area contributed by atoms with Gasteiger partial charge in [0.2, 0.25) is 5.91 Å². The molecule has 36 heavy (non-hydrogen) atoms. The van der Waals surface area contributed by atoms with Crippen LogP contribution in [0.1, 0.15) is 29.9 Å². The van der Waals surface area contributed by atoms with E-state index in [0.717, 1.165) is 11.6 Å². The first-order chi connectivity index (χ1) is 17.3. The Labute approximate surface area is 202 Å². The molecule has 3 aromatic rings. The second-order valence-corrected chi connectivity index (χ2v) is 9.13. The molecule has 3 aliphatic rings. The summed E-state index contributed by atoms with van der Waals surface area (Å²) in [7, 11) is 0. The summed E-state index contributed by atoms with van der Waals surface area (Å²) in [6.07, 6.45) is 2.95. The lowest BCUT2D eigenvalue weighted by atomic mass is 9.99. The van der Waals surface area contributed by atoms with Gasteiger partial charge in [-0.3, -0.25) is 4.79 Å². The van der Waals surface area contributed by atoms with E-state index in [1.54, 1.807) is 18.2 Å². The number of amides is 3. The number of rotatable bonds is 5. The van der Waals surface area contributed by atoms with Gasteiger partial charge in [-0.15, -0.1) is 0 Å². The number of halogens is 3. The Bertz CT molecular complexity index is 1450. The molecule has 11 heteroatoms. The van der Waals surface area contributed by atoms with Gasteiger partial charge in [-0.2, -0.15) is 0 Å². The fourth-order valence-electron chi connectivity index (χ4n) is 4.95. The van der Waals surface area contributed by atoms with Crippen LogP contribution in [0.5, 0.6) is 17.2 Å². The highest BCUT2D eigenvalue weighted by molar-refractivity contribution is 5.93. The zero-order chi connectivity index (χ0) is 25.2. The lowest BCUT2D eigenvalue weighted by Gasteiger charge is -2.20. The highest BCUT2D eigenvalue weighted by Gasteiger charge is 2.80. The Morgan fingerprint density at radius 3 is 2.75 bits per heavy atom. The third-order valence-corrected chi connectivity index (χ3v) is 6.97. The molecule has 3 atom stereocenters. The molecule has 2 heterocycles. The number of anilines is 2. The quantitative estimate of drug-likeness (QED) is 0.387. The van der Waals surface area contributed by atoms with Crippen LogP contribution in [-0.2, 0) is 11.2 Å². The van der Waals surface area contributed by atoms with Crippen molar-refractivity contribution in [1.82, 2.24) is 10.3 Å². The van der Waals surface area contributed by atoms with Crippen LogP contribution < -0.4 is 20.7 Å². The van der Waals surface area contributed by atoms with Crippen molar-refractivity contribution in [2.24, 2.45) is 5.92 Å². The summed E-state index contributed by atoms with van der Waals surface area (Å²) in [5.74, 6) is -2.71. The molecule has 2 saturated carbocycles. The number of nitrogens with zero attached hydrogens (tertiary/aromatic N) is 1. The number of ether oxygens (including phenoxy) is 1. The van der Waals surface area contributed by atoms with Crippen LogP contribution in [0.15, 0.2) is 42.6 Å². The van der Waals surface area contributed by atoms with Crippen molar-refractivity contribution in [3.8, 4) is 17.2 Å². The molecule has 0 spiro atoms. The molecule has 3 amide bonds. The molecule has 0 radical (unpaired) electrons.